The zero-order valence-corrected chi connectivity index (χ0v) is 19.0. The van der Waals surface area contributed by atoms with Crippen molar-refractivity contribution >= 4 is 23.3 Å². The van der Waals surface area contributed by atoms with Crippen LogP contribution in [0.4, 0.5) is 5.69 Å². The lowest BCUT2D eigenvalue weighted by atomic mass is 9.68. The first-order valence-electron chi connectivity index (χ1n) is 11.7. The van der Waals surface area contributed by atoms with Gasteiger partial charge in [0.1, 0.15) is 12.4 Å². The smallest absolute Gasteiger partial charge is 0.335 e. The topological polar surface area (TPSA) is 58.6 Å². The van der Waals surface area contributed by atoms with E-state index in [2.05, 4.69) is 29.6 Å². The fourth-order valence-corrected chi connectivity index (χ4v) is 6.59. The van der Waals surface area contributed by atoms with Crippen LogP contribution in [0.5, 0.6) is 5.75 Å². The summed E-state index contributed by atoms with van der Waals surface area (Å²) in [6, 6.07) is 22.0. The van der Waals surface area contributed by atoms with Crippen LogP contribution >= 0.6 is 11.6 Å². The molecule has 3 aromatic carbocycles. The number of halogens is 1. The van der Waals surface area contributed by atoms with Crippen molar-refractivity contribution in [1.29, 1.82) is 0 Å². The Balaban J connectivity index is 1.25. The zero-order valence-electron chi connectivity index (χ0n) is 18.2. The van der Waals surface area contributed by atoms with E-state index >= 15 is 0 Å². The maximum absolute atomic E-state index is 11.6. The second-order valence-corrected chi connectivity index (χ2v) is 10.1. The van der Waals surface area contributed by atoms with Crippen LogP contribution in [0.2, 0.25) is 5.02 Å². The predicted octanol–water partition coefficient (Wildman–Crippen LogP) is 6.91. The van der Waals surface area contributed by atoms with Crippen LogP contribution in [0, 0.1) is 17.8 Å². The summed E-state index contributed by atoms with van der Waals surface area (Å²) in [5.41, 5.74) is 5.02. The van der Waals surface area contributed by atoms with Gasteiger partial charge in [0.2, 0.25) is 0 Å². The van der Waals surface area contributed by atoms with E-state index in [1.165, 1.54) is 30.4 Å². The Kier molecular flexibility index (Phi) is 5.06. The molecular weight excluding hydrogens is 434 g/mol. The number of hydrogen-bond acceptors (Lipinski definition) is 3. The highest BCUT2D eigenvalue weighted by Gasteiger charge is 2.53. The third-order valence-corrected chi connectivity index (χ3v) is 8.14. The van der Waals surface area contributed by atoms with Crippen LogP contribution < -0.4 is 10.1 Å². The van der Waals surface area contributed by atoms with Gasteiger partial charge in [-0.2, -0.15) is 0 Å². The summed E-state index contributed by atoms with van der Waals surface area (Å²) in [4.78, 5) is 11.6. The summed E-state index contributed by atoms with van der Waals surface area (Å²) in [5, 5.41) is 14.0. The number of carboxylic acid groups (broad SMARTS) is 1. The van der Waals surface area contributed by atoms with Gasteiger partial charge >= 0.3 is 5.97 Å². The highest BCUT2D eigenvalue weighted by Crippen LogP contribution is 2.63. The molecule has 0 unspecified atom stereocenters. The minimum atomic E-state index is -0.853. The van der Waals surface area contributed by atoms with Crippen molar-refractivity contribution in [1.82, 2.24) is 0 Å². The lowest BCUT2D eigenvalue weighted by molar-refractivity contribution is 0.0696. The molecule has 5 atom stereocenters. The number of ether oxygens (including phenoxy) is 1. The van der Waals surface area contributed by atoms with Crippen molar-refractivity contribution < 1.29 is 14.6 Å². The van der Waals surface area contributed by atoms with Crippen LogP contribution in [0.15, 0.2) is 66.7 Å². The molecule has 2 N–H and O–H groups in total. The lowest BCUT2D eigenvalue weighted by Gasteiger charge is -2.43. The van der Waals surface area contributed by atoms with Crippen LogP contribution in [-0.4, -0.2) is 11.1 Å². The van der Waals surface area contributed by atoms with Gasteiger partial charge in [-0.1, -0.05) is 35.9 Å². The average Bonchev–Trinajstić information content (AvgIpc) is 3.46. The van der Waals surface area contributed by atoms with Crippen molar-refractivity contribution in [2.24, 2.45) is 17.8 Å². The normalized spacial score (nSPS) is 26.9. The second-order valence-electron chi connectivity index (χ2n) is 9.65. The molecule has 2 saturated carbocycles. The van der Waals surface area contributed by atoms with E-state index < -0.39 is 5.97 Å². The number of nitrogens with one attached hydrogen (secondary N) is 1. The molecule has 0 radical (unpaired) electrons. The maximum atomic E-state index is 11.6. The third kappa shape index (κ3) is 3.67. The van der Waals surface area contributed by atoms with Gasteiger partial charge in [0.05, 0.1) is 11.6 Å². The Hall–Kier alpha value is -2.98. The second kappa shape index (κ2) is 8.11. The summed E-state index contributed by atoms with van der Waals surface area (Å²) in [6.07, 6.45) is 3.79. The van der Waals surface area contributed by atoms with Crippen molar-refractivity contribution in [3.63, 3.8) is 0 Å². The van der Waals surface area contributed by atoms with Gasteiger partial charge in [0, 0.05) is 10.7 Å². The summed E-state index contributed by atoms with van der Waals surface area (Å²) in [5.74, 6) is 2.29. The summed E-state index contributed by atoms with van der Waals surface area (Å²) in [6.45, 7) is 0.506. The Morgan fingerprint density at radius 1 is 1.00 bits per heavy atom. The molecule has 1 heterocycles. The number of fused-ring (bicyclic) bond motifs is 7. The zero-order chi connectivity index (χ0) is 22.5. The highest BCUT2D eigenvalue weighted by molar-refractivity contribution is 6.30. The van der Waals surface area contributed by atoms with Crippen molar-refractivity contribution in [2.75, 3.05) is 5.32 Å². The van der Waals surface area contributed by atoms with Crippen LogP contribution in [0.3, 0.4) is 0 Å². The third-order valence-electron chi connectivity index (χ3n) is 7.89. The number of carboxylic acids is 1. The minimum Gasteiger partial charge on any atom is -0.489 e. The fourth-order valence-electron chi connectivity index (χ4n) is 6.47. The molecule has 0 aromatic heterocycles. The Bertz CT molecular complexity index is 1190. The van der Waals surface area contributed by atoms with Crippen molar-refractivity contribution in [2.45, 2.75) is 37.8 Å². The molecule has 0 spiro atoms. The number of anilines is 1. The molecule has 1 aliphatic heterocycles. The fraction of sp³-hybridized carbons (Fsp3) is 0.321. The summed E-state index contributed by atoms with van der Waals surface area (Å²) in [7, 11) is 0. The summed E-state index contributed by atoms with van der Waals surface area (Å²) >= 11 is 5.96. The number of aromatic carboxylic acids is 1. The number of benzene rings is 3. The van der Waals surface area contributed by atoms with E-state index in [1.54, 1.807) is 6.07 Å². The first-order chi connectivity index (χ1) is 16.1. The molecule has 2 fully saturated rings. The van der Waals surface area contributed by atoms with E-state index in [0.29, 0.717) is 35.8 Å². The van der Waals surface area contributed by atoms with E-state index in [4.69, 9.17) is 16.3 Å². The Morgan fingerprint density at radius 3 is 2.52 bits per heavy atom. The molecule has 3 aromatic rings. The average molecular weight is 460 g/mol. The molecule has 3 aliphatic rings. The predicted molar refractivity (Wildman–Crippen MR) is 129 cm³/mol. The maximum Gasteiger partial charge on any atom is 0.335 e. The van der Waals surface area contributed by atoms with Gasteiger partial charge in [-0.25, -0.2) is 4.79 Å². The molecule has 6 rings (SSSR count). The van der Waals surface area contributed by atoms with Crippen molar-refractivity contribution in [3.8, 4) is 5.75 Å². The standard InChI is InChI=1S/C28H26ClNO3/c29-21-8-1-16(2-9-21)15-33-22-10-5-17(6-11-22)27-26-19-4-3-18(13-19)25(26)23-14-20(28(31)32)7-12-24(23)30-27/h1-2,5-12,14,18-19,25-27,30H,3-4,13,15H2,(H,31,32)/t18-,19-,25-,26-,27-/m0/s1. The Labute approximate surface area is 198 Å². The lowest BCUT2D eigenvalue weighted by Crippen LogP contribution is -2.35. The summed E-state index contributed by atoms with van der Waals surface area (Å²) < 4.78 is 5.98. The molecule has 33 heavy (non-hydrogen) atoms. The van der Waals surface area contributed by atoms with E-state index in [0.717, 1.165) is 22.0 Å². The van der Waals surface area contributed by atoms with Crippen LogP contribution in [-0.2, 0) is 6.61 Å². The van der Waals surface area contributed by atoms with Gasteiger partial charge in [-0.15, -0.1) is 0 Å². The largest absolute Gasteiger partial charge is 0.489 e. The van der Waals surface area contributed by atoms with Crippen LogP contribution in [0.25, 0.3) is 0 Å². The molecular formula is C28H26ClNO3. The molecule has 0 amide bonds. The molecule has 168 valence electrons. The van der Waals surface area contributed by atoms with Gasteiger partial charge in [0.15, 0.2) is 0 Å². The first-order valence-corrected chi connectivity index (χ1v) is 12.1. The monoisotopic (exact) mass is 459 g/mol. The van der Waals surface area contributed by atoms with E-state index in [9.17, 15) is 9.90 Å². The van der Waals surface area contributed by atoms with Crippen LogP contribution in [0.1, 0.15) is 58.3 Å². The Morgan fingerprint density at radius 2 is 1.76 bits per heavy atom. The molecule has 2 aliphatic carbocycles. The van der Waals surface area contributed by atoms with E-state index in [-0.39, 0.29) is 6.04 Å². The SMILES string of the molecule is O=C(O)c1ccc2c(c1)[C@@H]1[C@H]3CC[C@@H](C3)[C@@H]1[C@H](c1ccc(OCc3ccc(Cl)cc3)cc1)N2. The van der Waals surface area contributed by atoms with Gasteiger partial charge < -0.3 is 15.2 Å². The van der Waals surface area contributed by atoms with Gasteiger partial charge in [-0.3, -0.25) is 0 Å². The van der Waals surface area contributed by atoms with Gasteiger partial charge in [0.25, 0.3) is 0 Å². The molecule has 5 heteroatoms. The van der Waals surface area contributed by atoms with Gasteiger partial charge in [-0.05, 0) is 102 Å². The van der Waals surface area contributed by atoms with Crippen molar-refractivity contribution in [3.05, 3.63) is 94.0 Å². The molecule has 4 nitrogen and oxygen atoms in total. The number of rotatable bonds is 5. The molecule has 2 bridgehead atoms. The minimum absolute atomic E-state index is 0.235. The number of carbonyl (C=O) groups is 1. The first kappa shape index (κ1) is 20.6. The highest BCUT2D eigenvalue weighted by atomic mass is 35.5. The quantitative estimate of drug-likeness (QED) is 0.435. The van der Waals surface area contributed by atoms with E-state index in [1.807, 2.05) is 36.4 Å². The molecule has 0 saturated heterocycles. The number of hydrogen-bond donors (Lipinski definition) is 2.